The van der Waals surface area contributed by atoms with E-state index in [0.717, 1.165) is 16.7 Å². The van der Waals surface area contributed by atoms with E-state index in [4.69, 9.17) is 4.74 Å². The van der Waals surface area contributed by atoms with E-state index in [1.165, 1.54) is 12.1 Å². The van der Waals surface area contributed by atoms with E-state index < -0.39 is 0 Å². The predicted molar refractivity (Wildman–Crippen MR) is 92.3 cm³/mol. The van der Waals surface area contributed by atoms with Gasteiger partial charge < -0.3 is 10.1 Å². The van der Waals surface area contributed by atoms with E-state index in [-0.39, 0.29) is 30.0 Å². The third kappa shape index (κ3) is 3.71. The van der Waals surface area contributed by atoms with Crippen LogP contribution in [0.3, 0.4) is 0 Å². The number of ketones is 1. The maximum absolute atomic E-state index is 12.9. The number of aryl methyl sites for hydroxylation is 1. The molecule has 1 amide bonds. The first kappa shape index (κ1) is 17.1. The van der Waals surface area contributed by atoms with Crippen LogP contribution in [-0.2, 0) is 11.3 Å². The summed E-state index contributed by atoms with van der Waals surface area (Å²) in [6, 6.07) is 9.59. The Labute approximate surface area is 146 Å². The number of Topliss-reactive ketones (excluding diaryl/α,β-unsaturated/α-hetero) is 1. The van der Waals surface area contributed by atoms with Crippen molar-refractivity contribution in [2.24, 2.45) is 0 Å². The maximum Gasteiger partial charge on any atom is 0.258 e. The lowest BCUT2D eigenvalue weighted by Gasteiger charge is -2.13. The molecule has 0 saturated heterocycles. The van der Waals surface area contributed by atoms with Crippen LogP contribution in [0.25, 0.3) is 0 Å². The minimum absolute atomic E-state index is 0.0629. The van der Waals surface area contributed by atoms with Crippen LogP contribution in [0.15, 0.2) is 36.4 Å². The van der Waals surface area contributed by atoms with Gasteiger partial charge in [-0.25, -0.2) is 4.39 Å². The fourth-order valence-electron chi connectivity index (χ4n) is 3.23. The number of amides is 1. The zero-order valence-electron chi connectivity index (χ0n) is 14.3. The van der Waals surface area contributed by atoms with Crippen LogP contribution >= 0.6 is 0 Å². The Bertz CT molecular complexity index is 814. The first-order valence-corrected chi connectivity index (χ1v) is 8.26. The van der Waals surface area contributed by atoms with Gasteiger partial charge >= 0.3 is 0 Å². The van der Waals surface area contributed by atoms with E-state index in [2.05, 4.69) is 5.32 Å². The summed E-state index contributed by atoms with van der Waals surface area (Å²) in [4.78, 5) is 24.2. The minimum atomic E-state index is -0.314. The Morgan fingerprint density at radius 2 is 1.96 bits per heavy atom. The first-order chi connectivity index (χ1) is 12.0. The molecule has 2 aromatic rings. The molecule has 1 atom stereocenters. The summed E-state index contributed by atoms with van der Waals surface area (Å²) in [6.07, 6.45) is 0.479. The van der Waals surface area contributed by atoms with Gasteiger partial charge in [-0.15, -0.1) is 0 Å². The van der Waals surface area contributed by atoms with Gasteiger partial charge in [-0.1, -0.05) is 25.1 Å². The molecular formula is C20H20FNO3. The number of carbonyl (C=O) groups is 2. The topological polar surface area (TPSA) is 55.4 Å². The van der Waals surface area contributed by atoms with Crippen molar-refractivity contribution in [3.05, 3.63) is 64.5 Å². The average molecular weight is 341 g/mol. The molecule has 5 heteroatoms. The third-order valence-electron chi connectivity index (χ3n) is 4.45. The largest absolute Gasteiger partial charge is 0.483 e. The van der Waals surface area contributed by atoms with Crippen molar-refractivity contribution < 1.29 is 18.7 Å². The fourth-order valence-corrected chi connectivity index (χ4v) is 3.23. The van der Waals surface area contributed by atoms with Gasteiger partial charge in [0.05, 0.1) is 5.56 Å². The SMILES string of the molecule is Cc1ccc(OCC(=O)NCc2ccc(F)cc2)c2c1[C@H](C)CC2=O. The van der Waals surface area contributed by atoms with Gasteiger partial charge in [0, 0.05) is 13.0 Å². The standard InChI is InChI=1S/C20H20FNO3/c1-12-3-8-17(20-16(23)9-13(2)19(12)20)25-11-18(24)22-10-14-4-6-15(21)7-5-14/h3-8,13H,9-11H2,1-2H3,(H,22,24)/t13-/m1/s1. The Morgan fingerprint density at radius 1 is 1.24 bits per heavy atom. The van der Waals surface area contributed by atoms with E-state index in [1.807, 2.05) is 19.9 Å². The summed E-state index contributed by atoms with van der Waals surface area (Å²) in [6.45, 7) is 4.13. The molecule has 130 valence electrons. The van der Waals surface area contributed by atoms with Crippen molar-refractivity contribution in [2.45, 2.75) is 32.7 Å². The van der Waals surface area contributed by atoms with Crippen LogP contribution in [0, 0.1) is 12.7 Å². The number of ether oxygens (including phenoxy) is 1. The van der Waals surface area contributed by atoms with Crippen molar-refractivity contribution >= 4 is 11.7 Å². The van der Waals surface area contributed by atoms with Crippen LogP contribution in [0.5, 0.6) is 5.75 Å². The number of halogens is 1. The molecule has 0 bridgehead atoms. The van der Waals surface area contributed by atoms with Crippen LogP contribution in [0.4, 0.5) is 4.39 Å². The van der Waals surface area contributed by atoms with E-state index in [9.17, 15) is 14.0 Å². The lowest BCUT2D eigenvalue weighted by molar-refractivity contribution is -0.123. The van der Waals surface area contributed by atoms with Gasteiger partial charge in [0.1, 0.15) is 11.6 Å². The van der Waals surface area contributed by atoms with Crippen molar-refractivity contribution in [3.63, 3.8) is 0 Å². The number of nitrogens with one attached hydrogen (secondary N) is 1. The highest BCUT2D eigenvalue weighted by Crippen LogP contribution is 2.40. The van der Waals surface area contributed by atoms with E-state index in [0.29, 0.717) is 24.3 Å². The molecule has 0 radical (unpaired) electrons. The second-order valence-electron chi connectivity index (χ2n) is 6.39. The van der Waals surface area contributed by atoms with Gasteiger partial charge in [-0.3, -0.25) is 9.59 Å². The van der Waals surface area contributed by atoms with Gasteiger partial charge in [-0.05, 0) is 47.7 Å². The Morgan fingerprint density at radius 3 is 2.68 bits per heavy atom. The maximum atomic E-state index is 12.9. The molecule has 0 unspecified atom stereocenters. The first-order valence-electron chi connectivity index (χ1n) is 8.26. The normalized spacial score (nSPS) is 15.8. The fraction of sp³-hybridized carbons (Fsp3) is 0.300. The van der Waals surface area contributed by atoms with Crippen LogP contribution < -0.4 is 10.1 Å². The van der Waals surface area contributed by atoms with Crippen LogP contribution in [0.1, 0.15) is 46.3 Å². The van der Waals surface area contributed by atoms with Crippen LogP contribution in [0.2, 0.25) is 0 Å². The number of hydrogen-bond donors (Lipinski definition) is 1. The Hall–Kier alpha value is -2.69. The molecular weight excluding hydrogens is 321 g/mol. The molecule has 4 nitrogen and oxygen atoms in total. The molecule has 0 saturated carbocycles. The van der Waals surface area contributed by atoms with Gasteiger partial charge in [0.2, 0.25) is 0 Å². The highest BCUT2D eigenvalue weighted by molar-refractivity contribution is 6.04. The summed E-state index contributed by atoms with van der Waals surface area (Å²) < 4.78 is 18.5. The lowest BCUT2D eigenvalue weighted by atomic mass is 9.97. The van der Waals surface area contributed by atoms with Crippen molar-refractivity contribution in [1.29, 1.82) is 0 Å². The average Bonchev–Trinajstić information content (AvgIpc) is 2.89. The third-order valence-corrected chi connectivity index (χ3v) is 4.45. The molecule has 0 aromatic heterocycles. The summed E-state index contributed by atoms with van der Waals surface area (Å²) >= 11 is 0. The van der Waals surface area contributed by atoms with Crippen molar-refractivity contribution in [2.75, 3.05) is 6.61 Å². The monoisotopic (exact) mass is 341 g/mol. The summed E-state index contributed by atoms with van der Waals surface area (Å²) in [5.74, 6) is 0.0980. The number of fused-ring (bicyclic) bond motifs is 1. The van der Waals surface area contributed by atoms with Gasteiger partial charge in [-0.2, -0.15) is 0 Å². The van der Waals surface area contributed by atoms with Gasteiger partial charge in [0.25, 0.3) is 5.91 Å². The smallest absolute Gasteiger partial charge is 0.258 e. The number of benzene rings is 2. The van der Waals surface area contributed by atoms with E-state index in [1.54, 1.807) is 18.2 Å². The molecule has 0 fully saturated rings. The molecule has 0 heterocycles. The zero-order chi connectivity index (χ0) is 18.0. The van der Waals surface area contributed by atoms with Crippen LogP contribution in [-0.4, -0.2) is 18.3 Å². The highest BCUT2D eigenvalue weighted by Gasteiger charge is 2.31. The van der Waals surface area contributed by atoms with Crippen molar-refractivity contribution in [3.8, 4) is 5.75 Å². The minimum Gasteiger partial charge on any atom is -0.483 e. The quantitative estimate of drug-likeness (QED) is 0.905. The molecule has 0 spiro atoms. The molecule has 3 rings (SSSR count). The second-order valence-corrected chi connectivity index (χ2v) is 6.39. The number of hydrogen-bond acceptors (Lipinski definition) is 3. The molecule has 0 aliphatic heterocycles. The predicted octanol–water partition coefficient (Wildman–Crippen LogP) is 3.52. The Balaban J connectivity index is 1.61. The molecule has 2 aromatic carbocycles. The van der Waals surface area contributed by atoms with E-state index >= 15 is 0 Å². The summed E-state index contributed by atoms with van der Waals surface area (Å²) in [7, 11) is 0. The molecule has 1 aliphatic rings. The summed E-state index contributed by atoms with van der Waals surface area (Å²) in [5, 5.41) is 2.72. The lowest BCUT2D eigenvalue weighted by Crippen LogP contribution is -2.28. The number of rotatable bonds is 5. The zero-order valence-corrected chi connectivity index (χ0v) is 14.3. The number of carbonyl (C=O) groups excluding carboxylic acids is 2. The Kier molecular flexibility index (Phi) is 4.83. The highest BCUT2D eigenvalue weighted by atomic mass is 19.1. The van der Waals surface area contributed by atoms with Gasteiger partial charge in [0.15, 0.2) is 12.4 Å². The molecule has 25 heavy (non-hydrogen) atoms. The van der Waals surface area contributed by atoms with Crippen molar-refractivity contribution in [1.82, 2.24) is 5.32 Å². The molecule has 1 N–H and O–H groups in total. The summed E-state index contributed by atoms with van der Waals surface area (Å²) in [5.41, 5.74) is 3.50. The second kappa shape index (κ2) is 7.05. The molecule has 1 aliphatic carbocycles.